The maximum atomic E-state index is 13.5. The van der Waals surface area contributed by atoms with Gasteiger partial charge in [-0.2, -0.15) is 0 Å². The second kappa shape index (κ2) is 11.5. The van der Waals surface area contributed by atoms with Crippen LogP contribution in [0.1, 0.15) is 69.2 Å². The number of carboxylic acid groups (broad SMARTS) is 1. The summed E-state index contributed by atoms with van der Waals surface area (Å²) in [6, 6.07) is 6.57. The van der Waals surface area contributed by atoms with Crippen LogP contribution in [0.25, 0.3) is 11.1 Å². The van der Waals surface area contributed by atoms with Crippen LogP contribution in [0.3, 0.4) is 0 Å². The monoisotopic (exact) mass is 479 g/mol. The number of aliphatic carboxylic acids is 1. The van der Waals surface area contributed by atoms with Gasteiger partial charge in [0.15, 0.2) is 0 Å². The summed E-state index contributed by atoms with van der Waals surface area (Å²) in [6.45, 7) is 10.7. The molecule has 2 aromatic rings. The smallest absolute Gasteiger partial charge is 0.305 e. The summed E-state index contributed by atoms with van der Waals surface area (Å²) in [4.78, 5) is 44.1. The fraction of sp³-hybridized carbons (Fsp3) is 0.500. The molecule has 1 aliphatic heterocycles. The van der Waals surface area contributed by atoms with Gasteiger partial charge in [-0.3, -0.25) is 19.4 Å². The number of benzene rings is 1. The Morgan fingerprint density at radius 1 is 1.20 bits per heavy atom. The van der Waals surface area contributed by atoms with Crippen LogP contribution in [0.2, 0.25) is 0 Å². The van der Waals surface area contributed by atoms with Crippen LogP contribution in [-0.4, -0.2) is 45.4 Å². The van der Waals surface area contributed by atoms with E-state index in [1.807, 2.05) is 58.9 Å². The van der Waals surface area contributed by atoms with E-state index in [0.717, 1.165) is 28.7 Å². The molecule has 0 radical (unpaired) electrons. The predicted molar refractivity (Wildman–Crippen MR) is 136 cm³/mol. The molecule has 0 bridgehead atoms. The van der Waals surface area contributed by atoms with E-state index in [-0.39, 0.29) is 24.2 Å². The second-order valence-corrected chi connectivity index (χ2v) is 10.3. The van der Waals surface area contributed by atoms with Gasteiger partial charge < -0.3 is 15.3 Å². The molecule has 2 heterocycles. The van der Waals surface area contributed by atoms with Crippen molar-refractivity contribution in [3.8, 4) is 11.1 Å². The van der Waals surface area contributed by atoms with Gasteiger partial charge in [0, 0.05) is 30.9 Å². The van der Waals surface area contributed by atoms with Crippen molar-refractivity contribution in [2.24, 2.45) is 11.8 Å². The van der Waals surface area contributed by atoms with Gasteiger partial charge in [-0.1, -0.05) is 39.0 Å². The summed E-state index contributed by atoms with van der Waals surface area (Å²) in [5, 5.41) is 12.6. The first-order valence-electron chi connectivity index (χ1n) is 12.4. The van der Waals surface area contributed by atoms with Crippen molar-refractivity contribution < 1.29 is 19.5 Å². The predicted octanol–water partition coefficient (Wildman–Crippen LogP) is 4.67. The number of piperidine rings is 1. The molecule has 2 unspecified atom stereocenters. The second-order valence-electron chi connectivity index (χ2n) is 10.3. The number of nitrogens with one attached hydrogen (secondary N) is 1. The number of likely N-dealkylation sites (tertiary alicyclic amines) is 1. The molecule has 188 valence electrons. The summed E-state index contributed by atoms with van der Waals surface area (Å²) >= 11 is 0. The zero-order chi connectivity index (χ0) is 25.7. The third kappa shape index (κ3) is 6.68. The van der Waals surface area contributed by atoms with E-state index < -0.39 is 18.1 Å². The van der Waals surface area contributed by atoms with E-state index in [2.05, 4.69) is 10.3 Å². The molecule has 1 aliphatic rings. The van der Waals surface area contributed by atoms with Gasteiger partial charge in [0.1, 0.15) is 6.04 Å². The SMILES string of the molecule is Cc1cccc(C)c1-c1cncc([C@H](CC(=O)O)NC(=O)C(CC(C)C)N2CCC(C)CC2=O)c1. The third-order valence-corrected chi connectivity index (χ3v) is 6.71. The molecule has 3 rings (SSSR count). The Balaban J connectivity index is 1.91. The Morgan fingerprint density at radius 2 is 1.89 bits per heavy atom. The van der Waals surface area contributed by atoms with E-state index in [0.29, 0.717) is 30.9 Å². The van der Waals surface area contributed by atoms with Gasteiger partial charge in [-0.25, -0.2) is 0 Å². The number of aromatic nitrogens is 1. The van der Waals surface area contributed by atoms with Crippen LogP contribution in [0, 0.1) is 25.7 Å². The minimum absolute atomic E-state index is 0.0157. The molecule has 1 aromatic carbocycles. The van der Waals surface area contributed by atoms with Crippen molar-refractivity contribution in [3.05, 3.63) is 53.3 Å². The van der Waals surface area contributed by atoms with Crippen LogP contribution in [0.15, 0.2) is 36.7 Å². The Hall–Kier alpha value is -3.22. The summed E-state index contributed by atoms with van der Waals surface area (Å²) in [5.74, 6) is -0.843. The lowest BCUT2D eigenvalue weighted by molar-refractivity contribution is -0.145. The number of carboxylic acids is 1. The third-order valence-electron chi connectivity index (χ3n) is 6.71. The Kier molecular flexibility index (Phi) is 8.65. The van der Waals surface area contributed by atoms with E-state index in [9.17, 15) is 19.5 Å². The largest absolute Gasteiger partial charge is 0.481 e. The van der Waals surface area contributed by atoms with Crippen molar-refractivity contribution >= 4 is 17.8 Å². The van der Waals surface area contributed by atoms with E-state index >= 15 is 0 Å². The number of rotatable bonds is 9. The van der Waals surface area contributed by atoms with Crippen molar-refractivity contribution in [2.75, 3.05) is 6.54 Å². The summed E-state index contributed by atoms with van der Waals surface area (Å²) in [6.07, 6.45) is 4.90. The highest BCUT2D eigenvalue weighted by Crippen LogP contribution is 2.30. The molecule has 7 nitrogen and oxygen atoms in total. The average molecular weight is 480 g/mol. The Morgan fingerprint density at radius 3 is 2.49 bits per heavy atom. The minimum atomic E-state index is -1.02. The molecule has 1 saturated heterocycles. The number of pyridine rings is 1. The molecule has 0 saturated carbocycles. The number of carbonyl (C=O) groups excluding carboxylic acids is 2. The van der Waals surface area contributed by atoms with Gasteiger partial charge in [0.05, 0.1) is 12.5 Å². The van der Waals surface area contributed by atoms with Gasteiger partial charge in [-0.15, -0.1) is 0 Å². The highest BCUT2D eigenvalue weighted by molar-refractivity contribution is 5.88. The van der Waals surface area contributed by atoms with Gasteiger partial charge >= 0.3 is 5.97 Å². The van der Waals surface area contributed by atoms with Gasteiger partial charge in [0.2, 0.25) is 11.8 Å². The molecular weight excluding hydrogens is 442 g/mol. The van der Waals surface area contributed by atoms with Crippen LogP contribution in [0.4, 0.5) is 0 Å². The Labute approximate surface area is 207 Å². The van der Waals surface area contributed by atoms with Gasteiger partial charge in [0.25, 0.3) is 0 Å². The molecule has 3 atom stereocenters. The van der Waals surface area contributed by atoms with Crippen molar-refractivity contribution in [1.29, 1.82) is 0 Å². The molecule has 7 heteroatoms. The highest BCUT2D eigenvalue weighted by Gasteiger charge is 2.35. The summed E-state index contributed by atoms with van der Waals surface area (Å²) < 4.78 is 0. The lowest BCUT2D eigenvalue weighted by Crippen LogP contribution is -2.53. The van der Waals surface area contributed by atoms with Crippen molar-refractivity contribution in [2.45, 2.75) is 72.4 Å². The number of amides is 2. The lowest BCUT2D eigenvalue weighted by Gasteiger charge is -2.37. The number of carbonyl (C=O) groups is 3. The zero-order valence-electron chi connectivity index (χ0n) is 21.4. The molecule has 2 amide bonds. The van der Waals surface area contributed by atoms with E-state index in [4.69, 9.17) is 0 Å². The van der Waals surface area contributed by atoms with Crippen molar-refractivity contribution in [1.82, 2.24) is 15.2 Å². The van der Waals surface area contributed by atoms with Crippen LogP contribution < -0.4 is 5.32 Å². The fourth-order valence-corrected chi connectivity index (χ4v) is 4.90. The molecule has 0 aliphatic carbocycles. The first-order valence-corrected chi connectivity index (χ1v) is 12.4. The van der Waals surface area contributed by atoms with Crippen molar-refractivity contribution in [3.63, 3.8) is 0 Å². The topological polar surface area (TPSA) is 99.6 Å². The molecule has 1 fully saturated rings. The van der Waals surface area contributed by atoms with E-state index in [1.165, 1.54) is 0 Å². The standard InChI is InChI=1S/C28H37N3O4/c1-17(2)11-24(31-10-9-18(3)12-25(31)32)28(35)30-23(14-26(33)34)21-13-22(16-29-15-21)27-19(4)7-6-8-20(27)5/h6-8,13,15-18,23-24H,9-12,14H2,1-5H3,(H,30,35)(H,33,34)/t18?,23-,24?/m0/s1. The normalized spacial score (nSPS) is 17.8. The Bertz CT molecular complexity index is 1060. The quantitative estimate of drug-likeness (QED) is 0.544. The van der Waals surface area contributed by atoms with E-state index in [1.54, 1.807) is 17.3 Å². The average Bonchev–Trinajstić information content (AvgIpc) is 2.77. The molecular formula is C28H37N3O4. The van der Waals surface area contributed by atoms with Crippen LogP contribution >= 0.6 is 0 Å². The lowest BCUT2D eigenvalue weighted by atomic mass is 9.93. The number of hydrogen-bond acceptors (Lipinski definition) is 4. The minimum Gasteiger partial charge on any atom is -0.481 e. The first-order chi connectivity index (χ1) is 16.6. The van der Waals surface area contributed by atoms with Crippen LogP contribution in [-0.2, 0) is 14.4 Å². The number of aryl methyl sites for hydroxylation is 2. The van der Waals surface area contributed by atoms with Crippen LogP contribution in [0.5, 0.6) is 0 Å². The summed E-state index contributed by atoms with van der Waals surface area (Å²) in [5.41, 5.74) is 4.74. The maximum absolute atomic E-state index is 13.5. The molecule has 2 N–H and O–H groups in total. The summed E-state index contributed by atoms with van der Waals surface area (Å²) in [7, 11) is 0. The number of nitrogens with zero attached hydrogens (tertiary/aromatic N) is 2. The molecule has 35 heavy (non-hydrogen) atoms. The van der Waals surface area contributed by atoms with Gasteiger partial charge in [-0.05, 0) is 66.8 Å². The zero-order valence-corrected chi connectivity index (χ0v) is 21.4. The molecule has 0 spiro atoms. The first kappa shape index (κ1) is 26.4. The fourth-order valence-electron chi connectivity index (χ4n) is 4.90. The maximum Gasteiger partial charge on any atom is 0.305 e. The number of hydrogen-bond donors (Lipinski definition) is 2. The molecule has 1 aromatic heterocycles. The highest BCUT2D eigenvalue weighted by atomic mass is 16.4.